The molecule has 29 heavy (non-hydrogen) atoms. The maximum absolute atomic E-state index is 10.5. The van der Waals surface area contributed by atoms with Crippen LogP contribution in [0.4, 0.5) is 0 Å². The largest absolute Gasteiger partial charge is 0.496 e. The van der Waals surface area contributed by atoms with Crippen LogP contribution in [0.15, 0.2) is 30.9 Å². The summed E-state index contributed by atoms with van der Waals surface area (Å²) in [6.07, 6.45) is 4.62. The number of hydrogen-bond donors (Lipinski definition) is 2. The highest BCUT2D eigenvalue weighted by atomic mass is 16.5. The van der Waals surface area contributed by atoms with E-state index in [2.05, 4.69) is 27.1 Å². The third-order valence-corrected chi connectivity index (χ3v) is 6.26. The van der Waals surface area contributed by atoms with Crippen LogP contribution in [0.2, 0.25) is 0 Å². The average Bonchev–Trinajstić information content (AvgIpc) is 3.20. The summed E-state index contributed by atoms with van der Waals surface area (Å²) >= 11 is 0. The molecule has 2 N–H and O–H groups in total. The zero-order valence-electron chi connectivity index (χ0n) is 17.1. The van der Waals surface area contributed by atoms with Gasteiger partial charge in [-0.1, -0.05) is 6.07 Å². The summed E-state index contributed by atoms with van der Waals surface area (Å²) in [6.45, 7) is 5.18. The van der Waals surface area contributed by atoms with Crippen LogP contribution >= 0.6 is 0 Å². The number of piperidine rings is 1. The van der Waals surface area contributed by atoms with E-state index in [1.54, 1.807) is 25.0 Å². The van der Waals surface area contributed by atoms with Crippen molar-refractivity contribution in [2.24, 2.45) is 0 Å². The van der Waals surface area contributed by atoms with Crippen LogP contribution in [0.3, 0.4) is 0 Å². The molecular formula is C21H30N4O4. The van der Waals surface area contributed by atoms with Gasteiger partial charge in [-0.3, -0.25) is 4.90 Å². The number of benzene rings is 1. The number of methoxy groups -OCH3 is 1. The second-order valence-electron chi connectivity index (χ2n) is 8.56. The number of nitrogens with zero attached hydrogens (tertiary/aromatic N) is 4. The van der Waals surface area contributed by atoms with Gasteiger partial charge in [0.2, 0.25) is 0 Å². The Balaban J connectivity index is 1.39. The highest BCUT2D eigenvalue weighted by Crippen LogP contribution is 2.39. The van der Waals surface area contributed by atoms with E-state index in [4.69, 9.17) is 9.47 Å². The van der Waals surface area contributed by atoms with E-state index in [1.165, 1.54) is 11.9 Å². The monoisotopic (exact) mass is 402 g/mol. The first-order chi connectivity index (χ1) is 13.9. The number of rotatable bonds is 5. The lowest BCUT2D eigenvalue weighted by Crippen LogP contribution is -2.59. The van der Waals surface area contributed by atoms with Crippen LogP contribution in [0.5, 0.6) is 5.75 Å². The fourth-order valence-electron chi connectivity index (χ4n) is 4.50. The van der Waals surface area contributed by atoms with Gasteiger partial charge in [-0.25, -0.2) is 9.67 Å². The molecule has 0 radical (unpaired) electrons. The van der Waals surface area contributed by atoms with Crippen LogP contribution in [0.25, 0.3) is 0 Å². The predicted octanol–water partition coefficient (Wildman–Crippen LogP) is 1.20. The topological polar surface area (TPSA) is 92.9 Å². The predicted molar refractivity (Wildman–Crippen MR) is 107 cm³/mol. The van der Waals surface area contributed by atoms with Crippen molar-refractivity contribution in [3.63, 3.8) is 0 Å². The van der Waals surface area contributed by atoms with Gasteiger partial charge in [-0.05, 0) is 37.5 Å². The van der Waals surface area contributed by atoms with E-state index in [9.17, 15) is 10.2 Å². The Kier molecular flexibility index (Phi) is 5.61. The zero-order chi connectivity index (χ0) is 20.5. The van der Waals surface area contributed by atoms with Crippen molar-refractivity contribution >= 4 is 0 Å². The standard InChI is InChI=1S/C21H30N4O4/c1-20(27)13-21(29-12-19(20)26)5-7-24(8-6-21)10-16-3-4-18(28-2)17(9-16)11-25-15-22-14-23-25/h3-4,9,14-15,19,26-27H,5-8,10-13H2,1-2H3/t19-,20-/m0/s1. The minimum atomic E-state index is -1.08. The minimum absolute atomic E-state index is 0.205. The van der Waals surface area contributed by atoms with Crippen LogP contribution < -0.4 is 4.74 Å². The highest BCUT2D eigenvalue weighted by Gasteiger charge is 2.48. The second kappa shape index (κ2) is 8.02. The van der Waals surface area contributed by atoms with E-state index in [0.29, 0.717) is 13.0 Å². The number of aliphatic hydroxyl groups excluding tert-OH is 1. The normalized spacial score (nSPS) is 27.2. The van der Waals surface area contributed by atoms with Crippen LogP contribution in [-0.2, 0) is 17.8 Å². The first kappa shape index (κ1) is 20.3. The third-order valence-electron chi connectivity index (χ3n) is 6.26. The molecule has 0 amide bonds. The number of likely N-dealkylation sites (tertiary alicyclic amines) is 1. The molecule has 4 rings (SSSR count). The van der Waals surface area contributed by atoms with Crippen LogP contribution in [0.1, 0.15) is 37.3 Å². The summed E-state index contributed by atoms with van der Waals surface area (Å²) in [5.41, 5.74) is 0.901. The molecule has 1 aromatic heterocycles. The molecule has 1 spiro atoms. The van der Waals surface area contributed by atoms with Crippen molar-refractivity contribution in [3.05, 3.63) is 42.0 Å². The second-order valence-corrected chi connectivity index (χ2v) is 8.56. The number of aromatic nitrogens is 3. The van der Waals surface area contributed by atoms with Gasteiger partial charge >= 0.3 is 0 Å². The van der Waals surface area contributed by atoms with Crippen molar-refractivity contribution in [1.29, 1.82) is 0 Å². The molecule has 0 unspecified atom stereocenters. The molecule has 2 fully saturated rings. The molecule has 2 saturated heterocycles. The molecule has 2 atom stereocenters. The van der Waals surface area contributed by atoms with Crippen molar-refractivity contribution in [3.8, 4) is 5.75 Å². The Bertz CT molecular complexity index is 816. The fraction of sp³-hybridized carbons (Fsp3) is 0.619. The summed E-state index contributed by atoms with van der Waals surface area (Å²) in [5.74, 6) is 0.846. The van der Waals surface area contributed by atoms with Crippen molar-refractivity contribution < 1.29 is 19.7 Å². The summed E-state index contributed by atoms with van der Waals surface area (Å²) in [4.78, 5) is 6.42. The van der Waals surface area contributed by atoms with Gasteiger partial charge < -0.3 is 19.7 Å². The van der Waals surface area contributed by atoms with E-state index in [0.717, 1.165) is 43.8 Å². The smallest absolute Gasteiger partial charge is 0.137 e. The number of ether oxygens (including phenoxy) is 2. The van der Waals surface area contributed by atoms with Crippen molar-refractivity contribution in [2.45, 2.75) is 56.6 Å². The molecule has 0 bridgehead atoms. The number of hydrogen-bond acceptors (Lipinski definition) is 7. The quantitative estimate of drug-likeness (QED) is 0.776. The SMILES string of the molecule is COc1ccc(CN2CCC3(CC2)C[C@](C)(O)[C@@H](O)CO3)cc1Cn1cncn1. The van der Waals surface area contributed by atoms with Crippen LogP contribution in [0, 0.1) is 0 Å². The molecule has 2 aliphatic heterocycles. The molecule has 2 aliphatic rings. The third kappa shape index (κ3) is 4.45. The zero-order valence-corrected chi connectivity index (χ0v) is 17.1. The molecular weight excluding hydrogens is 372 g/mol. The molecule has 158 valence electrons. The van der Waals surface area contributed by atoms with Gasteiger partial charge in [0.25, 0.3) is 0 Å². The summed E-state index contributed by atoms with van der Waals surface area (Å²) in [7, 11) is 1.68. The Morgan fingerprint density at radius 3 is 2.72 bits per heavy atom. The van der Waals surface area contributed by atoms with Gasteiger partial charge in [-0.15, -0.1) is 0 Å². The molecule has 3 heterocycles. The Morgan fingerprint density at radius 1 is 1.28 bits per heavy atom. The van der Waals surface area contributed by atoms with Gasteiger partial charge in [0.05, 0.1) is 31.5 Å². The average molecular weight is 402 g/mol. The first-order valence-electron chi connectivity index (χ1n) is 10.1. The highest BCUT2D eigenvalue weighted by molar-refractivity contribution is 5.37. The van der Waals surface area contributed by atoms with E-state index >= 15 is 0 Å². The van der Waals surface area contributed by atoms with Gasteiger partial charge in [-0.2, -0.15) is 5.10 Å². The maximum atomic E-state index is 10.5. The maximum Gasteiger partial charge on any atom is 0.137 e. The van der Waals surface area contributed by atoms with Gasteiger partial charge in [0.15, 0.2) is 0 Å². The molecule has 0 aliphatic carbocycles. The summed E-state index contributed by atoms with van der Waals surface area (Å²) in [5, 5.41) is 24.6. The molecule has 0 saturated carbocycles. The first-order valence-corrected chi connectivity index (χ1v) is 10.1. The number of aliphatic hydroxyl groups is 2. The molecule has 2 aromatic rings. The summed E-state index contributed by atoms with van der Waals surface area (Å²) in [6, 6.07) is 6.28. The van der Waals surface area contributed by atoms with Crippen molar-refractivity contribution in [2.75, 3.05) is 26.8 Å². The lowest BCUT2D eigenvalue weighted by atomic mass is 9.76. The van der Waals surface area contributed by atoms with Crippen LogP contribution in [-0.4, -0.2) is 74.0 Å². The lowest BCUT2D eigenvalue weighted by Gasteiger charge is -2.50. The van der Waals surface area contributed by atoms with Gasteiger partial charge in [0.1, 0.15) is 24.5 Å². The summed E-state index contributed by atoms with van der Waals surface area (Å²) < 4.78 is 13.3. The lowest BCUT2D eigenvalue weighted by molar-refractivity contribution is -0.223. The Hall–Kier alpha value is -2.00. The molecule has 1 aromatic carbocycles. The van der Waals surface area contributed by atoms with E-state index < -0.39 is 11.7 Å². The Labute approximate surface area is 171 Å². The van der Waals surface area contributed by atoms with E-state index in [-0.39, 0.29) is 12.2 Å². The Morgan fingerprint density at radius 2 is 2.07 bits per heavy atom. The molecule has 8 nitrogen and oxygen atoms in total. The molecule has 8 heteroatoms. The van der Waals surface area contributed by atoms with Crippen molar-refractivity contribution in [1.82, 2.24) is 19.7 Å². The van der Waals surface area contributed by atoms with E-state index in [1.807, 2.05) is 6.07 Å². The minimum Gasteiger partial charge on any atom is -0.496 e. The fourth-order valence-corrected chi connectivity index (χ4v) is 4.50. The van der Waals surface area contributed by atoms with Gasteiger partial charge in [0, 0.05) is 31.6 Å².